The van der Waals surface area contributed by atoms with Gasteiger partial charge in [-0.2, -0.15) is 0 Å². The van der Waals surface area contributed by atoms with Crippen molar-refractivity contribution in [2.75, 3.05) is 47.9 Å². The van der Waals surface area contributed by atoms with Gasteiger partial charge in [0.2, 0.25) is 0 Å². The third-order valence-electron chi connectivity index (χ3n) is 6.27. The van der Waals surface area contributed by atoms with E-state index in [2.05, 4.69) is 29.4 Å². The van der Waals surface area contributed by atoms with Crippen molar-refractivity contribution in [1.29, 1.82) is 0 Å². The van der Waals surface area contributed by atoms with Gasteiger partial charge in [-0.15, -0.1) is 11.3 Å². The molecular formula is C32H36N2O3S. The zero-order valence-corrected chi connectivity index (χ0v) is 23.7. The van der Waals surface area contributed by atoms with Crippen LogP contribution in [0.2, 0.25) is 0 Å². The topological polar surface area (TPSA) is 42.0 Å². The Labute approximate surface area is 229 Å². The fourth-order valence-corrected chi connectivity index (χ4v) is 5.53. The van der Waals surface area contributed by atoms with Crippen molar-refractivity contribution in [3.63, 3.8) is 0 Å². The number of carbonyl (C=O) groups is 1. The smallest absolute Gasteiger partial charge is 0.195 e. The van der Waals surface area contributed by atoms with Gasteiger partial charge in [-0.3, -0.25) is 4.79 Å². The van der Waals surface area contributed by atoms with E-state index >= 15 is 0 Å². The molecule has 0 aliphatic carbocycles. The normalized spacial score (nSPS) is 11.3. The molecule has 1 aromatic heterocycles. The van der Waals surface area contributed by atoms with Gasteiger partial charge in [0.1, 0.15) is 24.7 Å². The summed E-state index contributed by atoms with van der Waals surface area (Å²) in [5.74, 6) is 1.60. The molecule has 0 aliphatic heterocycles. The molecule has 0 amide bonds. The summed E-state index contributed by atoms with van der Waals surface area (Å²) in [4.78, 5) is 19.2. The molecule has 3 aromatic carbocycles. The van der Waals surface area contributed by atoms with Gasteiger partial charge in [-0.05, 0) is 100 Å². The number of aryl methyl sites for hydroxylation is 1. The van der Waals surface area contributed by atoms with Crippen LogP contribution in [-0.2, 0) is 6.54 Å². The molecule has 0 saturated carbocycles. The van der Waals surface area contributed by atoms with Crippen molar-refractivity contribution in [3.8, 4) is 21.9 Å². The van der Waals surface area contributed by atoms with Crippen LogP contribution < -0.4 is 9.47 Å². The summed E-state index contributed by atoms with van der Waals surface area (Å²) in [7, 11) is 8.15. The van der Waals surface area contributed by atoms with Gasteiger partial charge in [0.15, 0.2) is 5.78 Å². The van der Waals surface area contributed by atoms with Gasteiger partial charge in [0.25, 0.3) is 0 Å². The van der Waals surface area contributed by atoms with E-state index < -0.39 is 0 Å². The van der Waals surface area contributed by atoms with Crippen LogP contribution in [0.1, 0.15) is 27.0 Å². The number of hydrogen-bond acceptors (Lipinski definition) is 6. The molecule has 1 heterocycles. The van der Waals surface area contributed by atoms with Crippen LogP contribution in [-0.4, -0.2) is 63.5 Å². The highest BCUT2D eigenvalue weighted by molar-refractivity contribution is 7.22. The predicted molar refractivity (Wildman–Crippen MR) is 159 cm³/mol. The zero-order chi connectivity index (χ0) is 27.2. The molecule has 0 bridgehead atoms. The van der Waals surface area contributed by atoms with E-state index in [4.69, 9.17) is 9.47 Å². The van der Waals surface area contributed by atoms with E-state index in [1.54, 1.807) is 17.4 Å². The molecule has 6 heteroatoms. The fraction of sp³-hybridized carbons (Fsp3) is 0.281. The minimum absolute atomic E-state index is 0.0248. The molecule has 0 radical (unpaired) electrons. The number of nitrogens with zero attached hydrogens (tertiary/aromatic N) is 2. The molecule has 0 N–H and O–H groups in total. The first kappa shape index (κ1) is 27.6. The Morgan fingerprint density at radius 1 is 0.921 bits per heavy atom. The first-order valence-corrected chi connectivity index (χ1v) is 13.6. The van der Waals surface area contributed by atoms with Gasteiger partial charge >= 0.3 is 0 Å². The Hall–Kier alpha value is -3.45. The van der Waals surface area contributed by atoms with Crippen molar-refractivity contribution >= 4 is 27.2 Å². The summed E-state index contributed by atoms with van der Waals surface area (Å²) < 4.78 is 12.7. The first-order chi connectivity index (χ1) is 18.3. The number of likely N-dealkylation sites (N-methyl/N-ethyl adjacent to an activating group) is 1. The van der Waals surface area contributed by atoms with Crippen LogP contribution >= 0.6 is 11.3 Å². The highest BCUT2D eigenvalue weighted by atomic mass is 32.1. The average molecular weight is 529 g/mol. The number of thiophene rings is 1. The molecule has 0 unspecified atom stereocenters. The second kappa shape index (κ2) is 12.4. The minimum Gasteiger partial charge on any atom is -0.492 e. The van der Waals surface area contributed by atoms with Crippen molar-refractivity contribution in [2.24, 2.45) is 0 Å². The largest absolute Gasteiger partial charge is 0.492 e. The third-order valence-corrected chi connectivity index (χ3v) is 7.47. The molecule has 38 heavy (non-hydrogen) atoms. The van der Waals surface area contributed by atoms with Crippen LogP contribution in [0, 0.1) is 6.92 Å². The van der Waals surface area contributed by atoms with Crippen LogP contribution in [0.5, 0.6) is 11.5 Å². The van der Waals surface area contributed by atoms with Gasteiger partial charge < -0.3 is 19.3 Å². The molecular weight excluding hydrogens is 492 g/mol. The summed E-state index contributed by atoms with van der Waals surface area (Å²) in [6, 6.07) is 20.0. The fourth-order valence-electron chi connectivity index (χ4n) is 4.30. The molecule has 4 rings (SSSR count). The number of ketones is 1. The lowest BCUT2D eigenvalue weighted by Crippen LogP contribution is -2.19. The lowest BCUT2D eigenvalue weighted by atomic mass is 9.95. The summed E-state index contributed by atoms with van der Waals surface area (Å²) in [6.45, 7) is 8.54. The maximum atomic E-state index is 14.1. The van der Waals surface area contributed by atoms with Crippen molar-refractivity contribution in [2.45, 2.75) is 13.5 Å². The van der Waals surface area contributed by atoms with Crippen molar-refractivity contribution < 1.29 is 14.3 Å². The highest BCUT2D eigenvalue weighted by Crippen LogP contribution is 2.41. The third kappa shape index (κ3) is 6.51. The monoisotopic (exact) mass is 528 g/mol. The van der Waals surface area contributed by atoms with E-state index in [9.17, 15) is 4.79 Å². The Kier molecular flexibility index (Phi) is 9.00. The zero-order valence-electron chi connectivity index (χ0n) is 22.9. The van der Waals surface area contributed by atoms with Crippen LogP contribution in [0.25, 0.3) is 20.5 Å². The predicted octanol–water partition coefficient (Wildman–Crippen LogP) is 6.67. The first-order valence-electron chi connectivity index (χ1n) is 12.7. The van der Waals surface area contributed by atoms with Crippen molar-refractivity contribution in [1.82, 2.24) is 9.80 Å². The van der Waals surface area contributed by atoms with Gasteiger partial charge in [0.05, 0.1) is 0 Å². The van der Waals surface area contributed by atoms with Crippen LogP contribution in [0.3, 0.4) is 0 Å². The van der Waals surface area contributed by atoms with Gasteiger partial charge in [0, 0.05) is 39.2 Å². The van der Waals surface area contributed by atoms with E-state index in [1.807, 2.05) is 82.8 Å². The standard InChI is InChI=1S/C32H36N2O3S/c1-7-17-36-27-14-15-28-29(20-27)38-32(23-10-12-26(13-11-23)37-18-16-33(3)4)30(28)31(35)24-8-9-25(21-34(5)6)22(2)19-24/h7-15,19-20H,1,16-18,21H2,2-6H3. The molecule has 0 fully saturated rings. The quantitative estimate of drug-likeness (QED) is 0.152. The molecule has 198 valence electrons. The lowest BCUT2D eigenvalue weighted by molar-refractivity contribution is 0.104. The molecule has 4 aromatic rings. The van der Waals surface area contributed by atoms with Gasteiger partial charge in [-0.25, -0.2) is 0 Å². The highest BCUT2D eigenvalue weighted by Gasteiger charge is 2.22. The Balaban J connectivity index is 1.74. The Morgan fingerprint density at radius 2 is 1.66 bits per heavy atom. The summed E-state index contributed by atoms with van der Waals surface area (Å²) >= 11 is 1.61. The number of carbonyl (C=O) groups excluding carboxylic acids is 1. The van der Waals surface area contributed by atoms with E-state index in [0.717, 1.165) is 56.2 Å². The second-order valence-corrected chi connectivity index (χ2v) is 11.0. The molecule has 0 saturated heterocycles. The number of ether oxygens (including phenoxy) is 2. The van der Waals surface area contributed by atoms with Gasteiger partial charge in [-0.1, -0.05) is 24.8 Å². The molecule has 5 nitrogen and oxygen atoms in total. The SMILES string of the molecule is C=CCOc1ccc2c(C(=O)c3ccc(CN(C)C)c(C)c3)c(-c3ccc(OCCN(C)C)cc3)sc2c1. The maximum absolute atomic E-state index is 14.1. The van der Waals surface area contributed by atoms with Crippen LogP contribution in [0.4, 0.5) is 0 Å². The lowest BCUT2D eigenvalue weighted by Gasteiger charge is -2.13. The van der Waals surface area contributed by atoms with E-state index in [0.29, 0.717) is 18.8 Å². The number of hydrogen-bond donors (Lipinski definition) is 0. The van der Waals surface area contributed by atoms with E-state index in [-0.39, 0.29) is 5.78 Å². The number of rotatable bonds is 12. The molecule has 0 atom stereocenters. The average Bonchev–Trinajstić information content (AvgIpc) is 3.27. The minimum atomic E-state index is 0.0248. The Bertz CT molecular complexity index is 1420. The Morgan fingerprint density at radius 3 is 2.32 bits per heavy atom. The molecule has 0 spiro atoms. The molecule has 0 aliphatic rings. The maximum Gasteiger partial charge on any atom is 0.195 e. The summed E-state index contributed by atoms with van der Waals surface area (Å²) in [6.07, 6.45) is 1.73. The van der Waals surface area contributed by atoms with E-state index in [1.165, 1.54) is 5.56 Å². The number of fused-ring (bicyclic) bond motifs is 1. The second-order valence-electron chi connectivity index (χ2n) is 9.95. The van der Waals surface area contributed by atoms with Crippen molar-refractivity contribution in [3.05, 3.63) is 95.6 Å². The summed E-state index contributed by atoms with van der Waals surface area (Å²) in [5.41, 5.74) is 4.74. The van der Waals surface area contributed by atoms with Crippen LogP contribution in [0.15, 0.2) is 73.3 Å². The number of benzene rings is 3. The summed E-state index contributed by atoms with van der Waals surface area (Å²) in [5, 5.41) is 0.933.